The molecular weight excluding hydrogens is 510 g/mol. The lowest BCUT2D eigenvalue weighted by Crippen LogP contribution is -2.21. The molecule has 1 N–H and O–H groups in total. The number of carbonyl (C=O) groups is 1. The Balaban J connectivity index is 1.53. The topological polar surface area (TPSA) is 67.5 Å². The molecule has 0 bridgehead atoms. The van der Waals surface area contributed by atoms with Crippen LogP contribution in [-0.4, -0.2) is 10.9 Å². The van der Waals surface area contributed by atoms with Gasteiger partial charge in [0.15, 0.2) is 5.13 Å². The minimum Gasteiger partial charge on any atom is -0.438 e. The quantitative estimate of drug-likeness (QED) is 0.263. The number of aryl methyl sites for hydroxylation is 2. The van der Waals surface area contributed by atoms with Crippen molar-refractivity contribution in [2.24, 2.45) is 4.99 Å². The number of para-hydroxylation sites is 1. The van der Waals surface area contributed by atoms with E-state index >= 15 is 0 Å². The van der Waals surface area contributed by atoms with Gasteiger partial charge in [0.2, 0.25) is 5.55 Å². The molecular formula is C27H20BrN3O2S. The zero-order valence-corrected chi connectivity index (χ0v) is 20.9. The van der Waals surface area contributed by atoms with E-state index in [2.05, 4.69) is 63.3 Å². The molecule has 0 fully saturated rings. The average Bonchev–Trinajstić information content (AvgIpc) is 3.27. The molecule has 168 valence electrons. The normalized spacial score (nSPS) is 11.7. The molecule has 0 spiro atoms. The van der Waals surface area contributed by atoms with Crippen molar-refractivity contribution >= 4 is 55.0 Å². The lowest BCUT2D eigenvalue weighted by molar-refractivity contribution is 0.102. The van der Waals surface area contributed by atoms with E-state index in [9.17, 15) is 4.79 Å². The van der Waals surface area contributed by atoms with Crippen molar-refractivity contribution in [3.05, 3.63) is 105 Å². The first kappa shape index (κ1) is 22.3. The van der Waals surface area contributed by atoms with Crippen LogP contribution >= 0.6 is 27.3 Å². The molecule has 34 heavy (non-hydrogen) atoms. The first-order valence-corrected chi connectivity index (χ1v) is 12.3. The van der Waals surface area contributed by atoms with Crippen LogP contribution in [0.15, 0.2) is 92.1 Å². The van der Waals surface area contributed by atoms with E-state index in [1.165, 1.54) is 16.9 Å². The van der Waals surface area contributed by atoms with Gasteiger partial charge < -0.3 is 4.42 Å². The second kappa shape index (κ2) is 9.37. The summed E-state index contributed by atoms with van der Waals surface area (Å²) in [4.78, 5) is 22.6. The van der Waals surface area contributed by atoms with Gasteiger partial charge in [-0.1, -0.05) is 57.9 Å². The first-order chi connectivity index (χ1) is 16.5. The molecule has 0 unspecified atom stereocenters. The second-order valence-corrected chi connectivity index (χ2v) is 9.68. The third kappa shape index (κ3) is 4.71. The van der Waals surface area contributed by atoms with Crippen LogP contribution in [0.4, 0.5) is 10.8 Å². The molecule has 0 saturated heterocycles. The zero-order valence-electron chi connectivity index (χ0n) is 18.5. The maximum absolute atomic E-state index is 13.3. The molecule has 0 aliphatic rings. The highest BCUT2D eigenvalue weighted by atomic mass is 79.9. The molecule has 5 rings (SSSR count). The number of nitrogens with zero attached hydrogens (tertiary/aromatic N) is 2. The van der Waals surface area contributed by atoms with Gasteiger partial charge in [-0.3, -0.25) is 10.1 Å². The monoisotopic (exact) mass is 529 g/mol. The molecule has 1 amide bonds. The number of amides is 1. The van der Waals surface area contributed by atoms with Gasteiger partial charge in [0.1, 0.15) is 11.1 Å². The highest BCUT2D eigenvalue weighted by Gasteiger charge is 2.16. The maximum Gasteiger partial charge on any atom is 0.262 e. The Morgan fingerprint density at radius 3 is 2.65 bits per heavy atom. The van der Waals surface area contributed by atoms with Crippen molar-refractivity contribution in [1.29, 1.82) is 0 Å². The number of anilines is 1. The van der Waals surface area contributed by atoms with Gasteiger partial charge in [-0.2, -0.15) is 0 Å². The van der Waals surface area contributed by atoms with Crippen LogP contribution in [0.3, 0.4) is 0 Å². The van der Waals surface area contributed by atoms with Gasteiger partial charge >= 0.3 is 0 Å². The number of rotatable bonds is 4. The number of hydrogen-bond donors (Lipinski definition) is 1. The summed E-state index contributed by atoms with van der Waals surface area (Å²) in [7, 11) is 0. The third-order valence-corrected chi connectivity index (χ3v) is 6.57. The Kier molecular flexibility index (Phi) is 6.13. The van der Waals surface area contributed by atoms with Crippen molar-refractivity contribution < 1.29 is 9.21 Å². The summed E-state index contributed by atoms with van der Waals surface area (Å²) >= 11 is 4.87. The van der Waals surface area contributed by atoms with Gasteiger partial charge in [-0.15, -0.1) is 11.3 Å². The van der Waals surface area contributed by atoms with Crippen LogP contribution in [-0.2, 0) is 0 Å². The lowest BCUT2D eigenvalue weighted by atomic mass is 10.0. The lowest BCUT2D eigenvalue weighted by Gasteiger charge is -2.06. The van der Waals surface area contributed by atoms with Crippen molar-refractivity contribution in [1.82, 2.24) is 4.98 Å². The highest BCUT2D eigenvalue weighted by molar-refractivity contribution is 9.10. The number of benzene rings is 3. The van der Waals surface area contributed by atoms with Gasteiger partial charge in [0.05, 0.1) is 11.4 Å². The molecule has 2 aromatic heterocycles. The van der Waals surface area contributed by atoms with E-state index in [-0.39, 0.29) is 11.5 Å². The van der Waals surface area contributed by atoms with Crippen LogP contribution in [0.5, 0.6) is 0 Å². The van der Waals surface area contributed by atoms with Gasteiger partial charge in [-0.25, -0.2) is 9.98 Å². The van der Waals surface area contributed by atoms with Crippen LogP contribution in [0, 0.1) is 13.8 Å². The number of thiazole rings is 1. The smallest absolute Gasteiger partial charge is 0.262 e. The number of halogens is 1. The van der Waals surface area contributed by atoms with Gasteiger partial charge in [-0.05, 0) is 55.8 Å². The summed E-state index contributed by atoms with van der Waals surface area (Å²) < 4.78 is 6.94. The Morgan fingerprint density at radius 2 is 1.85 bits per heavy atom. The number of hydrogen-bond acceptors (Lipinski definition) is 5. The first-order valence-electron chi connectivity index (χ1n) is 10.6. The van der Waals surface area contributed by atoms with E-state index in [1.807, 2.05) is 53.9 Å². The number of nitrogens with one attached hydrogen (secondary N) is 1. The second-order valence-electron chi connectivity index (χ2n) is 7.91. The van der Waals surface area contributed by atoms with E-state index in [4.69, 9.17) is 4.42 Å². The largest absolute Gasteiger partial charge is 0.438 e. The standard InChI is InChI=1S/C27H20BrN3O2S/c1-16-8-10-21(17(2)12-16)23-15-34-27(30-23)31-25(32)22-14-18-13-19(28)9-11-24(18)33-26(22)29-20-6-4-3-5-7-20/h3-15H,1-2H3,(H,30,31,32). The number of aromatic nitrogens is 1. The van der Waals surface area contributed by atoms with Crippen LogP contribution in [0.25, 0.3) is 22.2 Å². The van der Waals surface area contributed by atoms with E-state index < -0.39 is 0 Å². The van der Waals surface area contributed by atoms with Crippen molar-refractivity contribution in [3.63, 3.8) is 0 Å². The van der Waals surface area contributed by atoms with Crippen molar-refractivity contribution in [3.8, 4) is 11.3 Å². The average molecular weight is 530 g/mol. The van der Waals surface area contributed by atoms with Gasteiger partial charge in [0, 0.05) is 20.8 Å². The zero-order chi connectivity index (χ0) is 23.7. The molecule has 5 nitrogen and oxygen atoms in total. The molecule has 3 aromatic carbocycles. The molecule has 2 heterocycles. The summed E-state index contributed by atoms with van der Waals surface area (Å²) in [5, 5.41) is 6.18. The minimum atomic E-state index is -0.332. The summed E-state index contributed by atoms with van der Waals surface area (Å²) in [5.41, 5.74) is 6.13. The summed E-state index contributed by atoms with van der Waals surface area (Å²) in [6.45, 7) is 4.13. The Labute approximate surface area is 209 Å². The fourth-order valence-electron chi connectivity index (χ4n) is 3.69. The molecule has 5 aromatic rings. The SMILES string of the molecule is Cc1ccc(-c2csc(NC(=O)c3cc4cc(Br)ccc4oc3=Nc3ccccc3)n2)c(C)c1. The van der Waals surface area contributed by atoms with Gasteiger partial charge in [0.25, 0.3) is 5.91 Å². The van der Waals surface area contributed by atoms with Crippen molar-refractivity contribution in [2.75, 3.05) is 5.32 Å². The molecule has 7 heteroatoms. The predicted molar refractivity (Wildman–Crippen MR) is 141 cm³/mol. The molecule has 0 atom stereocenters. The summed E-state index contributed by atoms with van der Waals surface area (Å²) in [5.74, 6) is -0.332. The summed E-state index contributed by atoms with van der Waals surface area (Å²) in [6, 6.07) is 23.1. The molecule has 0 radical (unpaired) electrons. The molecule has 0 saturated carbocycles. The minimum absolute atomic E-state index is 0.240. The van der Waals surface area contributed by atoms with Crippen molar-refractivity contribution in [2.45, 2.75) is 13.8 Å². The molecule has 0 aliphatic carbocycles. The fourth-order valence-corrected chi connectivity index (χ4v) is 4.77. The van der Waals surface area contributed by atoms with Crippen LogP contribution in [0.1, 0.15) is 21.5 Å². The predicted octanol–water partition coefficient (Wildman–Crippen LogP) is 7.42. The van der Waals surface area contributed by atoms with E-state index in [0.29, 0.717) is 22.0 Å². The molecule has 0 aliphatic heterocycles. The summed E-state index contributed by atoms with van der Waals surface area (Å²) in [6.07, 6.45) is 0. The fraction of sp³-hybridized carbons (Fsp3) is 0.0741. The Hall–Kier alpha value is -3.55. The maximum atomic E-state index is 13.3. The Morgan fingerprint density at radius 1 is 1.03 bits per heavy atom. The number of carbonyl (C=O) groups excluding carboxylic acids is 1. The Bertz CT molecular complexity index is 1590. The highest BCUT2D eigenvalue weighted by Crippen LogP contribution is 2.28. The van der Waals surface area contributed by atoms with Crippen LogP contribution in [0.2, 0.25) is 0 Å². The third-order valence-electron chi connectivity index (χ3n) is 5.32. The van der Waals surface area contributed by atoms with E-state index in [1.54, 1.807) is 6.07 Å². The van der Waals surface area contributed by atoms with E-state index in [0.717, 1.165) is 26.7 Å². The van der Waals surface area contributed by atoms with Crippen LogP contribution < -0.4 is 10.9 Å². The number of fused-ring (bicyclic) bond motifs is 1.